The predicted octanol–water partition coefficient (Wildman–Crippen LogP) is 4.01. The van der Waals surface area contributed by atoms with Gasteiger partial charge in [0.1, 0.15) is 4.32 Å². The van der Waals surface area contributed by atoms with Crippen LogP contribution in [0.2, 0.25) is 0 Å². The number of carbonyl (C=O) groups excluding carboxylic acids is 1. The van der Waals surface area contributed by atoms with Crippen LogP contribution >= 0.6 is 24.0 Å². The molecule has 1 atom stereocenters. The molecule has 2 nitrogen and oxygen atoms in total. The standard InChI is InChI=1S/C15H23NOS2/c1-10(2)7-15(5-6-15)8-13(17)16-12(11(3)4)9-19-14(16)18/h7,11-12H,5-6,8-9H2,1-4H3/t12-/m0/s1. The lowest BCUT2D eigenvalue weighted by atomic mass is 9.97. The number of nitrogens with zero attached hydrogens (tertiary/aromatic N) is 1. The molecule has 2 rings (SSSR count). The maximum absolute atomic E-state index is 12.6. The normalized spacial score (nSPS) is 24.8. The van der Waals surface area contributed by atoms with Crippen molar-refractivity contribution in [3.8, 4) is 0 Å². The molecule has 0 aromatic carbocycles. The molecule has 1 aliphatic carbocycles. The summed E-state index contributed by atoms with van der Waals surface area (Å²) in [6, 6.07) is 0.285. The number of rotatable bonds is 4. The molecule has 1 aliphatic heterocycles. The van der Waals surface area contributed by atoms with Gasteiger partial charge in [0.2, 0.25) is 5.91 Å². The van der Waals surface area contributed by atoms with Crippen molar-refractivity contribution in [3.05, 3.63) is 11.6 Å². The second-order valence-electron chi connectivity index (χ2n) is 6.41. The van der Waals surface area contributed by atoms with E-state index in [1.807, 2.05) is 4.90 Å². The maximum Gasteiger partial charge on any atom is 0.229 e. The number of thioether (sulfide) groups is 1. The van der Waals surface area contributed by atoms with Crippen LogP contribution in [0.1, 0.15) is 47.0 Å². The Labute approximate surface area is 126 Å². The molecule has 0 unspecified atom stereocenters. The van der Waals surface area contributed by atoms with E-state index in [4.69, 9.17) is 12.2 Å². The van der Waals surface area contributed by atoms with Crippen molar-refractivity contribution in [3.63, 3.8) is 0 Å². The van der Waals surface area contributed by atoms with Crippen LogP contribution in [0.4, 0.5) is 0 Å². The summed E-state index contributed by atoms with van der Waals surface area (Å²) in [4.78, 5) is 14.5. The van der Waals surface area contributed by atoms with E-state index in [-0.39, 0.29) is 17.4 Å². The average Bonchev–Trinajstić information content (AvgIpc) is 2.88. The van der Waals surface area contributed by atoms with Gasteiger partial charge in [-0.3, -0.25) is 9.69 Å². The summed E-state index contributed by atoms with van der Waals surface area (Å²) >= 11 is 7.01. The Morgan fingerprint density at radius 3 is 2.63 bits per heavy atom. The highest BCUT2D eigenvalue weighted by Crippen LogP contribution is 2.51. The highest BCUT2D eigenvalue weighted by atomic mass is 32.2. The monoisotopic (exact) mass is 297 g/mol. The fraction of sp³-hybridized carbons (Fsp3) is 0.733. The van der Waals surface area contributed by atoms with Crippen LogP contribution in [0.3, 0.4) is 0 Å². The molecule has 0 radical (unpaired) electrons. The second kappa shape index (κ2) is 5.57. The Morgan fingerprint density at radius 2 is 2.16 bits per heavy atom. The largest absolute Gasteiger partial charge is 0.294 e. The average molecular weight is 297 g/mol. The number of hydrogen-bond donors (Lipinski definition) is 0. The molecule has 0 bridgehead atoms. The summed E-state index contributed by atoms with van der Waals surface area (Å²) in [7, 11) is 0. The van der Waals surface area contributed by atoms with Crippen LogP contribution in [-0.2, 0) is 4.79 Å². The number of amides is 1. The Bertz CT molecular complexity index is 420. The van der Waals surface area contributed by atoms with E-state index >= 15 is 0 Å². The zero-order chi connectivity index (χ0) is 14.2. The third-order valence-electron chi connectivity index (χ3n) is 3.93. The van der Waals surface area contributed by atoms with Gasteiger partial charge in [0.05, 0.1) is 0 Å². The Morgan fingerprint density at radius 1 is 1.53 bits per heavy atom. The van der Waals surface area contributed by atoms with Crippen LogP contribution in [-0.4, -0.2) is 26.9 Å². The SMILES string of the molecule is CC(C)=CC1(CC(=O)N2C(=S)SC[C@H]2C(C)C)CC1. The molecule has 1 amide bonds. The van der Waals surface area contributed by atoms with Gasteiger partial charge in [0.15, 0.2) is 0 Å². The highest BCUT2D eigenvalue weighted by Gasteiger charge is 2.45. The first-order chi connectivity index (χ1) is 8.84. The third-order valence-corrected chi connectivity index (χ3v) is 5.44. The maximum atomic E-state index is 12.6. The van der Waals surface area contributed by atoms with Crippen LogP contribution in [0, 0.1) is 11.3 Å². The fourth-order valence-electron chi connectivity index (χ4n) is 2.74. The smallest absolute Gasteiger partial charge is 0.229 e. The van der Waals surface area contributed by atoms with Gasteiger partial charge in [-0.1, -0.05) is 49.5 Å². The molecule has 1 heterocycles. The van der Waals surface area contributed by atoms with Gasteiger partial charge < -0.3 is 0 Å². The summed E-state index contributed by atoms with van der Waals surface area (Å²) in [5.74, 6) is 1.65. The van der Waals surface area contributed by atoms with Gasteiger partial charge in [-0.2, -0.15) is 0 Å². The molecule has 0 aromatic heterocycles. The molecule has 19 heavy (non-hydrogen) atoms. The van der Waals surface area contributed by atoms with E-state index in [0.29, 0.717) is 12.3 Å². The molecule has 1 saturated carbocycles. The van der Waals surface area contributed by atoms with Gasteiger partial charge in [-0.15, -0.1) is 0 Å². The van der Waals surface area contributed by atoms with E-state index in [1.165, 1.54) is 5.57 Å². The second-order valence-corrected chi connectivity index (χ2v) is 8.07. The number of allylic oxidation sites excluding steroid dienone is 2. The number of thiocarbonyl (C=S) groups is 1. The minimum atomic E-state index is 0.139. The van der Waals surface area contributed by atoms with Crippen molar-refractivity contribution in [2.45, 2.75) is 53.0 Å². The van der Waals surface area contributed by atoms with Crippen LogP contribution in [0.5, 0.6) is 0 Å². The third kappa shape index (κ3) is 3.40. The molecule has 0 aromatic rings. The van der Waals surface area contributed by atoms with Gasteiger partial charge in [0.25, 0.3) is 0 Å². The fourth-order valence-corrected chi connectivity index (χ4v) is 4.41. The topological polar surface area (TPSA) is 20.3 Å². The summed E-state index contributed by atoms with van der Waals surface area (Å²) < 4.78 is 0.775. The summed E-state index contributed by atoms with van der Waals surface area (Å²) in [5.41, 5.74) is 1.45. The zero-order valence-corrected chi connectivity index (χ0v) is 13.9. The molecule has 1 saturated heterocycles. The molecular formula is C15H23NOS2. The van der Waals surface area contributed by atoms with Crippen molar-refractivity contribution in [2.24, 2.45) is 11.3 Å². The van der Waals surface area contributed by atoms with E-state index in [1.54, 1.807) is 11.8 Å². The van der Waals surface area contributed by atoms with Crippen molar-refractivity contribution < 1.29 is 4.79 Å². The van der Waals surface area contributed by atoms with Crippen molar-refractivity contribution >= 4 is 34.2 Å². The number of carbonyl (C=O) groups is 1. The summed E-state index contributed by atoms with van der Waals surface area (Å²) in [6.07, 6.45) is 5.19. The van der Waals surface area contributed by atoms with E-state index in [0.717, 1.165) is 22.9 Å². The lowest BCUT2D eigenvalue weighted by Crippen LogP contribution is -2.42. The Balaban J connectivity index is 2.07. The van der Waals surface area contributed by atoms with Gasteiger partial charge >= 0.3 is 0 Å². The van der Waals surface area contributed by atoms with Gasteiger partial charge in [-0.25, -0.2) is 0 Å². The predicted molar refractivity (Wildman–Crippen MR) is 86.2 cm³/mol. The van der Waals surface area contributed by atoms with E-state index < -0.39 is 0 Å². The zero-order valence-electron chi connectivity index (χ0n) is 12.2. The van der Waals surface area contributed by atoms with Crippen molar-refractivity contribution in [1.82, 2.24) is 4.90 Å². The Kier molecular flexibility index (Phi) is 4.41. The van der Waals surface area contributed by atoms with Crippen molar-refractivity contribution in [1.29, 1.82) is 0 Å². The summed E-state index contributed by atoms with van der Waals surface area (Å²) in [5, 5.41) is 0. The molecule has 2 aliphatic rings. The molecule has 0 spiro atoms. The minimum absolute atomic E-state index is 0.139. The van der Waals surface area contributed by atoms with Crippen LogP contribution in [0.25, 0.3) is 0 Å². The molecule has 4 heteroatoms. The first-order valence-corrected chi connectivity index (χ1v) is 8.39. The van der Waals surface area contributed by atoms with Gasteiger partial charge in [0, 0.05) is 18.2 Å². The highest BCUT2D eigenvalue weighted by molar-refractivity contribution is 8.23. The number of hydrogen-bond acceptors (Lipinski definition) is 3. The minimum Gasteiger partial charge on any atom is -0.294 e. The Hall–Kier alpha value is -0.350. The van der Waals surface area contributed by atoms with Gasteiger partial charge in [-0.05, 0) is 38.0 Å². The molecule has 2 fully saturated rings. The first kappa shape index (κ1) is 15.0. The molecule has 0 N–H and O–H groups in total. The van der Waals surface area contributed by atoms with E-state index in [9.17, 15) is 4.79 Å². The van der Waals surface area contributed by atoms with Crippen molar-refractivity contribution in [2.75, 3.05) is 5.75 Å². The lowest BCUT2D eigenvalue weighted by Gasteiger charge is -2.27. The summed E-state index contributed by atoms with van der Waals surface area (Å²) in [6.45, 7) is 8.56. The van der Waals surface area contributed by atoms with Crippen LogP contribution in [0.15, 0.2) is 11.6 Å². The molecular weight excluding hydrogens is 274 g/mol. The van der Waals surface area contributed by atoms with E-state index in [2.05, 4.69) is 33.8 Å². The first-order valence-electron chi connectivity index (χ1n) is 6.99. The molecule has 106 valence electrons. The van der Waals surface area contributed by atoms with Crippen LogP contribution < -0.4 is 0 Å². The lowest BCUT2D eigenvalue weighted by molar-refractivity contribution is -0.129. The quantitative estimate of drug-likeness (QED) is 0.578.